The Hall–Kier alpha value is -2.04. The highest BCUT2D eigenvalue weighted by Gasteiger charge is 2.07. The number of hydrogen-bond acceptors (Lipinski definition) is 4. The molecule has 0 aliphatic carbocycles. The first-order chi connectivity index (χ1) is 9.26. The van der Waals surface area contributed by atoms with Crippen LogP contribution in [0.2, 0.25) is 0 Å². The van der Waals surface area contributed by atoms with Crippen LogP contribution in [0, 0.1) is 0 Å². The monoisotopic (exact) mass is 259 g/mol. The summed E-state index contributed by atoms with van der Waals surface area (Å²) in [5.74, 6) is 1.90. The van der Waals surface area contributed by atoms with E-state index < -0.39 is 0 Å². The van der Waals surface area contributed by atoms with Gasteiger partial charge in [0.25, 0.3) is 0 Å². The van der Waals surface area contributed by atoms with Gasteiger partial charge in [0.2, 0.25) is 0 Å². The van der Waals surface area contributed by atoms with Gasteiger partial charge in [-0.05, 0) is 35.4 Å². The first-order valence-electron chi connectivity index (χ1n) is 6.01. The van der Waals surface area contributed by atoms with Gasteiger partial charge in [0.1, 0.15) is 5.75 Å². The van der Waals surface area contributed by atoms with E-state index in [2.05, 4.69) is 0 Å². The fourth-order valence-corrected chi connectivity index (χ4v) is 1.76. The summed E-state index contributed by atoms with van der Waals surface area (Å²) in [7, 11) is 1.57. The number of rotatable bonds is 5. The molecule has 0 saturated carbocycles. The van der Waals surface area contributed by atoms with Crippen LogP contribution in [-0.2, 0) is 13.2 Å². The molecule has 0 aliphatic rings. The van der Waals surface area contributed by atoms with Crippen molar-refractivity contribution in [3.8, 4) is 17.2 Å². The highest BCUT2D eigenvalue weighted by Crippen LogP contribution is 2.32. The van der Waals surface area contributed by atoms with Crippen molar-refractivity contribution in [3.63, 3.8) is 0 Å². The summed E-state index contributed by atoms with van der Waals surface area (Å²) >= 11 is 0. The second kappa shape index (κ2) is 6.22. The summed E-state index contributed by atoms with van der Waals surface area (Å²) in [4.78, 5) is 0. The van der Waals surface area contributed by atoms with Gasteiger partial charge >= 0.3 is 0 Å². The minimum Gasteiger partial charge on any atom is -0.493 e. The molecule has 2 rings (SSSR count). The maximum absolute atomic E-state index is 9.10. The van der Waals surface area contributed by atoms with Gasteiger partial charge in [-0.3, -0.25) is 0 Å². The smallest absolute Gasteiger partial charge is 0.169 e. The van der Waals surface area contributed by atoms with Gasteiger partial charge in [-0.15, -0.1) is 0 Å². The van der Waals surface area contributed by atoms with E-state index in [0.717, 1.165) is 11.1 Å². The Kier molecular flexibility index (Phi) is 4.39. The van der Waals surface area contributed by atoms with Crippen LogP contribution >= 0.6 is 0 Å². The van der Waals surface area contributed by atoms with E-state index in [1.54, 1.807) is 25.3 Å². The van der Waals surface area contributed by atoms with Gasteiger partial charge in [-0.25, -0.2) is 0 Å². The minimum absolute atomic E-state index is 0.0285. The maximum Gasteiger partial charge on any atom is 0.169 e. The van der Waals surface area contributed by atoms with E-state index in [4.69, 9.17) is 20.3 Å². The largest absolute Gasteiger partial charge is 0.493 e. The van der Waals surface area contributed by atoms with E-state index in [1.807, 2.05) is 24.3 Å². The van der Waals surface area contributed by atoms with Gasteiger partial charge < -0.3 is 20.3 Å². The molecule has 100 valence electrons. The number of ether oxygens (including phenoxy) is 2. The summed E-state index contributed by atoms with van der Waals surface area (Å²) in [5.41, 5.74) is 7.38. The number of hydrogen-bond donors (Lipinski definition) is 2. The van der Waals surface area contributed by atoms with Gasteiger partial charge in [0.05, 0.1) is 13.7 Å². The van der Waals surface area contributed by atoms with Crippen LogP contribution in [0.3, 0.4) is 0 Å². The zero-order valence-corrected chi connectivity index (χ0v) is 10.8. The van der Waals surface area contributed by atoms with E-state index in [9.17, 15) is 0 Å². The zero-order valence-electron chi connectivity index (χ0n) is 10.8. The first kappa shape index (κ1) is 13.4. The molecule has 0 aromatic heterocycles. The van der Waals surface area contributed by atoms with E-state index in [-0.39, 0.29) is 6.61 Å². The summed E-state index contributed by atoms with van der Waals surface area (Å²) < 4.78 is 11.0. The third kappa shape index (κ3) is 3.24. The summed E-state index contributed by atoms with van der Waals surface area (Å²) in [6.07, 6.45) is 0. The molecule has 0 atom stereocenters. The standard InChI is InChI=1S/C15H17NO3/c1-18-15-8-12(10-17)5-6-14(15)19-13-4-2-3-11(7-13)9-16/h2-8,17H,9-10,16H2,1H3. The van der Waals surface area contributed by atoms with Gasteiger partial charge in [-0.2, -0.15) is 0 Å². The van der Waals surface area contributed by atoms with Crippen LogP contribution in [-0.4, -0.2) is 12.2 Å². The molecule has 0 aliphatic heterocycles. The van der Waals surface area contributed by atoms with Crippen molar-refractivity contribution in [3.05, 3.63) is 53.6 Å². The molecule has 0 radical (unpaired) electrons. The minimum atomic E-state index is -0.0285. The zero-order chi connectivity index (χ0) is 13.7. The van der Waals surface area contributed by atoms with Crippen molar-refractivity contribution in [1.82, 2.24) is 0 Å². The topological polar surface area (TPSA) is 64.7 Å². The number of aliphatic hydroxyl groups excluding tert-OH is 1. The lowest BCUT2D eigenvalue weighted by molar-refractivity contribution is 0.280. The SMILES string of the molecule is COc1cc(CO)ccc1Oc1cccc(CN)c1. The average Bonchev–Trinajstić information content (AvgIpc) is 2.48. The van der Waals surface area contributed by atoms with Crippen molar-refractivity contribution < 1.29 is 14.6 Å². The molecule has 19 heavy (non-hydrogen) atoms. The highest BCUT2D eigenvalue weighted by molar-refractivity contribution is 5.45. The first-order valence-corrected chi connectivity index (χ1v) is 6.01. The Bertz CT molecular complexity index is 555. The number of aliphatic hydroxyl groups is 1. The Balaban J connectivity index is 2.26. The fraction of sp³-hybridized carbons (Fsp3) is 0.200. The molecule has 0 heterocycles. The molecule has 4 nitrogen and oxygen atoms in total. The Labute approximate surface area is 112 Å². The normalized spacial score (nSPS) is 10.3. The molecule has 0 fully saturated rings. The molecule has 0 unspecified atom stereocenters. The Morgan fingerprint density at radius 3 is 2.58 bits per heavy atom. The van der Waals surface area contributed by atoms with Crippen LogP contribution in [0.4, 0.5) is 0 Å². The molecule has 3 N–H and O–H groups in total. The molecule has 2 aromatic rings. The maximum atomic E-state index is 9.10. The molecule has 2 aromatic carbocycles. The molecular formula is C15H17NO3. The third-order valence-corrected chi connectivity index (χ3v) is 2.77. The van der Waals surface area contributed by atoms with Crippen LogP contribution in [0.1, 0.15) is 11.1 Å². The number of benzene rings is 2. The second-order valence-electron chi connectivity index (χ2n) is 4.10. The van der Waals surface area contributed by atoms with Crippen LogP contribution in [0.5, 0.6) is 17.2 Å². The summed E-state index contributed by atoms with van der Waals surface area (Å²) in [6, 6.07) is 12.9. The Morgan fingerprint density at radius 1 is 1.05 bits per heavy atom. The van der Waals surface area contributed by atoms with Crippen molar-refractivity contribution in [2.45, 2.75) is 13.2 Å². The van der Waals surface area contributed by atoms with E-state index in [0.29, 0.717) is 23.8 Å². The predicted molar refractivity (Wildman–Crippen MR) is 73.3 cm³/mol. The molecule has 0 saturated heterocycles. The lowest BCUT2D eigenvalue weighted by Gasteiger charge is -2.12. The van der Waals surface area contributed by atoms with E-state index in [1.165, 1.54) is 0 Å². The quantitative estimate of drug-likeness (QED) is 0.865. The van der Waals surface area contributed by atoms with Crippen molar-refractivity contribution in [2.24, 2.45) is 5.73 Å². The molecule has 0 spiro atoms. The molecule has 4 heteroatoms. The number of methoxy groups -OCH3 is 1. The highest BCUT2D eigenvalue weighted by atomic mass is 16.5. The van der Waals surface area contributed by atoms with Crippen LogP contribution in [0.25, 0.3) is 0 Å². The van der Waals surface area contributed by atoms with Gasteiger partial charge in [0, 0.05) is 6.54 Å². The van der Waals surface area contributed by atoms with Gasteiger partial charge in [-0.1, -0.05) is 18.2 Å². The lowest BCUT2D eigenvalue weighted by atomic mass is 10.2. The average molecular weight is 259 g/mol. The predicted octanol–water partition coefficient (Wildman–Crippen LogP) is 2.44. The van der Waals surface area contributed by atoms with Crippen LogP contribution < -0.4 is 15.2 Å². The van der Waals surface area contributed by atoms with Gasteiger partial charge in [0.15, 0.2) is 11.5 Å². The molecule has 0 bridgehead atoms. The summed E-state index contributed by atoms with van der Waals surface area (Å²) in [6.45, 7) is 0.442. The second-order valence-corrected chi connectivity index (χ2v) is 4.10. The van der Waals surface area contributed by atoms with Crippen molar-refractivity contribution in [1.29, 1.82) is 0 Å². The van der Waals surface area contributed by atoms with Crippen molar-refractivity contribution >= 4 is 0 Å². The summed E-state index contributed by atoms with van der Waals surface area (Å²) in [5, 5.41) is 9.10. The third-order valence-electron chi connectivity index (χ3n) is 2.77. The molecule has 0 amide bonds. The van der Waals surface area contributed by atoms with Crippen LogP contribution in [0.15, 0.2) is 42.5 Å². The fourth-order valence-electron chi connectivity index (χ4n) is 1.76. The number of nitrogens with two attached hydrogens (primary N) is 1. The Morgan fingerprint density at radius 2 is 1.89 bits per heavy atom. The van der Waals surface area contributed by atoms with Crippen molar-refractivity contribution in [2.75, 3.05) is 7.11 Å². The molecular weight excluding hydrogens is 242 g/mol. The van der Waals surface area contributed by atoms with E-state index >= 15 is 0 Å². The lowest BCUT2D eigenvalue weighted by Crippen LogP contribution is -1.97.